The molecule has 0 saturated heterocycles. The molecule has 0 aromatic heterocycles. The van der Waals surface area contributed by atoms with Gasteiger partial charge in [0, 0.05) is 0 Å². The van der Waals surface area contributed by atoms with Gasteiger partial charge in [-0.3, -0.25) is 0 Å². The molecule has 0 spiro atoms. The summed E-state index contributed by atoms with van der Waals surface area (Å²) in [5.41, 5.74) is 1.80. The maximum atomic E-state index is 6.71. The summed E-state index contributed by atoms with van der Waals surface area (Å²) < 4.78 is 0. The second-order valence-electron chi connectivity index (χ2n) is 1.90. The van der Waals surface area contributed by atoms with Gasteiger partial charge < -0.3 is 0 Å². The molecule has 0 aliphatic heterocycles. The number of benzene rings is 1. The van der Waals surface area contributed by atoms with Crippen molar-refractivity contribution in [2.45, 2.75) is 20.8 Å². The minimum absolute atomic E-state index is 0.748. The largest absolute Gasteiger partial charge is 0.238 e. The molecule has 1 nitrogen and oxygen atoms in total. The lowest BCUT2D eigenvalue weighted by Gasteiger charge is -1.91. The van der Waals surface area contributed by atoms with E-state index in [2.05, 4.69) is 20.8 Å². The van der Waals surface area contributed by atoms with Crippen LogP contribution < -0.4 is 0 Å². The van der Waals surface area contributed by atoms with Crippen LogP contribution >= 0.6 is 15.9 Å². The Bertz CT molecular complexity index is 251. The lowest BCUT2D eigenvalue weighted by Crippen LogP contribution is -1.67. The molecule has 0 radical (unpaired) electrons. The van der Waals surface area contributed by atoms with Crippen LogP contribution in [0, 0.1) is 13.5 Å². The highest BCUT2D eigenvalue weighted by Gasteiger charge is 1.90. The highest BCUT2D eigenvalue weighted by Crippen LogP contribution is 2.15. The maximum Gasteiger partial charge on any atom is 0.190 e. The third kappa shape index (κ3) is 6.36. The number of alkyl halides is 1. The molecule has 0 N–H and O–H groups in total. The van der Waals surface area contributed by atoms with E-state index in [1.807, 2.05) is 50.9 Å². The third-order valence-corrected chi connectivity index (χ3v) is 1.24. The first-order valence-electron chi connectivity index (χ1n) is 4.15. The van der Waals surface area contributed by atoms with E-state index in [-0.39, 0.29) is 0 Å². The Balaban J connectivity index is 0. The molecule has 72 valence electrons. The highest BCUT2D eigenvalue weighted by molar-refractivity contribution is 9.08. The van der Waals surface area contributed by atoms with Gasteiger partial charge in [0.05, 0.1) is 6.57 Å². The highest BCUT2D eigenvalue weighted by atomic mass is 79.9. The monoisotopic (exact) mass is 241 g/mol. The predicted molar refractivity (Wildman–Crippen MR) is 63.6 cm³/mol. The molecule has 0 atom stereocenters. The van der Waals surface area contributed by atoms with Crippen LogP contribution in [0.4, 0.5) is 5.69 Å². The Labute approximate surface area is 89.7 Å². The summed E-state index contributed by atoms with van der Waals surface area (Å²) in [7, 11) is 0. The summed E-state index contributed by atoms with van der Waals surface area (Å²) in [5, 5.41) is 0. The lowest BCUT2D eigenvalue weighted by molar-refractivity contribution is 1.49. The van der Waals surface area contributed by atoms with Gasteiger partial charge in [-0.15, -0.1) is 0 Å². The van der Waals surface area contributed by atoms with Gasteiger partial charge >= 0.3 is 0 Å². The first-order valence-corrected chi connectivity index (χ1v) is 5.74. The fourth-order valence-corrected chi connectivity index (χ4v) is 0.689. The van der Waals surface area contributed by atoms with Crippen LogP contribution in [0.25, 0.3) is 4.85 Å². The minimum Gasteiger partial charge on any atom is -0.238 e. The average Bonchev–Trinajstić information content (AvgIpc) is 2.24. The number of hydrogen-bond acceptors (Lipinski definition) is 0. The van der Waals surface area contributed by atoms with Crippen LogP contribution in [0.15, 0.2) is 24.3 Å². The first kappa shape index (κ1) is 14.7. The van der Waals surface area contributed by atoms with Crippen LogP contribution in [-0.4, -0.2) is 5.83 Å². The van der Waals surface area contributed by atoms with E-state index in [9.17, 15) is 0 Å². The van der Waals surface area contributed by atoms with Crippen molar-refractivity contribution in [1.82, 2.24) is 0 Å². The molecule has 2 heteroatoms. The molecule has 0 bridgehead atoms. The summed E-state index contributed by atoms with van der Waals surface area (Å²) in [5.74, 6) is 1.81. The van der Waals surface area contributed by atoms with Gasteiger partial charge in [-0.1, -0.05) is 54.0 Å². The number of para-hydroxylation sites is 1. The summed E-state index contributed by atoms with van der Waals surface area (Å²) >= 11 is 2.94. The summed E-state index contributed by atoms with van der Waals surface area (Å²) in [6.07, 6.45) is 0. The molecule has 0 heterocycles. The van der Waals surface area contributed by atoms with Crippen LogP contribution in [0.5, 0.6) is 0 Å². The van der Waals surface area contributed by atoms with Crippen LogP contribution in [-0.2, 0) is 0 Å². The zero-order valence-corrected chi connectivity index (χ0v) is 10.2. The Hall–Kier alpha value is -0.810. The van der Waals surface area contributed by atoms with Crippen molar-refractivity contribution in [3.8, 4) is 0 Å². The van der Waals surface area contributed by atoms with Crippen LogP contribution in [0.1, 0.15) is 19.4 Å². The van der Waals surface area contributed by atoms with Gasteiger partial charge in [0.25, 0.3) is 0 Å². The van der Waals surface area contributed by atoms with Crippen LogP contribution in [0.3, 0.4) is 0 Å². The molecule has 13 heavy (non-hydrogen) atoms. The fraction of sp³-hybridized carbons (Fsp3) is 0.364. The Morgan fingerprint density at radius 3 is 1.92 bits per heavy atom. The SMILES string of the molecule is CBr.CC.[C-]#[N+]c1ccccc1C. The average molecular weight is 242 g/mol. The normalized spacial score (nSPS) is 6.77. The summed E-state index contributed by atoms with van der Waals surface area (Å²) in [6.45, 7) is 12.6. The molecule has 0 amide bonds. The molecule has 0 unspecified atom stereocenters. The number of nitrogens with zero attached hydrogens (tertiary/aromatic N) is 1. The van der Waals surface area contributed by atoms with Crippen molar-refractivity contribution in [2.24, 2.45) is 0 Å². The van der Waals surface area contributed by atoms with E-state index in [4.69, 9.17) is 6.57 Å². The van der Waals surface area contributed by atoms with Crippen molar-refractivity contribution in [2.75, 3.05) is 5.83 Å². The molecular weight excluding hydrogens is 226 g/mol. The standard InChI is InChI=1S/C8H7N.C2H6.CH3Br/c1-7-5-3-4-6-8(7)9-2;2*1-2/h3-6H,1H3;1-2H3;1H3. The van der Waals surface area contributed by atoms with Crippen molar-refractivity contribution >= 4 is 21.6 Å². The number of aryl methyl sites for hydroxylation is 1. The number of halogens is 1. The molecule has 1 rings (SSSR count). The number of hydrogen-bond donors (Lipinski definition) is 0. The lowest BCUT2D eigenvalue weighted by atomic mass is 10.2. The molecule has 0 aliphatic rings. The summed E-state index contributed by atoms with van der Waals surface area (Å²) in [4.78, 5) is 3.32. The Morgan fingerprint density at radius 2 is 1.62 bits per heavy atom. The van der Waals surface area contributed by atoms with Crippen molar-refractivity contribution < 1.29 is 0 Å². The quantitative estimate of drug-likeness (QED) is 0.463. The number of rotatable bonds is 0. The third-order valence-electron chi connectivity index (χ3n) is 1.24. The van der Waals surface area contributed by atoms with Crippen LogP contribution in [0.2, 0.25) is 0 Å². The molecule has 0 aliphatic carbocycles. The van der Waals surface area contributed by atoms with Crippen molar-refractivity contribution in [3.05, 3.63) is 41.2 Å². The Morgan fingerprint density at radius 1 is 1.15 bits per heavy atom. The maximum absolute atomic E-state index is 6.71. The minimum atomic E-state index is 0.748. The van der Waals surface area contributed by atoms with Gasteiger partial charge in [-0.2, -0.15) is 0 Å². The van der Waals surface area contributed by atoms with Gasteiger partial charge in [0.15, 0.2) is 5.69 Å². The van der Waals surface area contributed by atoms with E-state index in [0.717, 1.165) is 11.3 Å². The van der Waals surface area contributed by atoms with E-state index >= 15 is 0 Å². The fourth-order valence-electron chi connectivity index (χ4n) is 0.689. The molecule has 1 aromatic carbocycles. The van der Waals surface area contributed by atoms with E-state index in [1.165, 1.54) is 0 Å². The van der Waals surface area contributed by atoms with Gasteiger partial charge in [0.1, 0.15) is 0 Å². The molecule has 0 fully saturated rings. The Kier molecular flexibility index (Phi) is 12.7. The zero-order valence-electron chi connectivity index (χ0n) is 8.63. The van der Waals surface area contributed by atoms with E-state index < -0.39 is 0 Å². The summed E-state index contributed by atoms with van der Waals surface area (Å²) in [6, 6.07) is 7.57. The van der Waals surface area contributed by atoms with Gasteiger partial charge in [-0.05, 0) is 18.3 Å². The van der Waals surface area contributed by atoms with E-state index in [1.54, 1.807) is 0 Å². The topological polar surface area (TPSA) is 4.36 Å². The van der Waals surface area contributed by atoms with E-state index in [0.29, 0.717) is 0 Å². The second kappa shape index (κ2) is 11.2. The molecule has 0 saturated carbocycles. The van der Waals surface area contributed by atoms with Gasteiger partial charge in [-0.25, -0.2) is 4.85 Å². The predicted octanol–water partition coefficient (Wildman–Crippen LogP) is 4.58. The van der Waals surface area contributed by atoms with Crippen molar-refractivity contribution in [1.29, 1.82) is 0 Å². The van der Waals surface area contributed by atoms with Crippen molar-refractivity contribution in [3.63, 3.8) is 0 Å². The first-order chi connectivity index (χ1) is 6.34. The smallest absolute Gasteiger partial charge is 0.190 e. The van der Waals surface area contributed by atoms with Gasteiger partial charge in [0.2, 0.25) is 0 Å². The second-order valence-corrected chi connectivity index (χ2v) is 1.90. The molecule has 1 aromatic rings. The zero-order chi connectivity index (χ0) is 10.7. The molecular formula is C11H16BrN.